The normalized spacial score (nSPS) is 10.5. The van der Waals surface area contributed by atoms with Crippen molar-refractivity contribution in [3.05, 3.63) is 49.1 Å². The first-order valence-electron chi connectivity index (χ1n) is 4.72. The zero-order chi connectivity index (χ0) is 10.8. The lowest BCUT2D eigenvalue weighted by molar-refractivity contribution is 0.576. The fourth-order valence-electron chi connectivity index (χ4n) is 1.35. The van der Waals surface area contributed by atoms with Gasteiger partial charge in [-0.2, -0.15) is 5.10 Å². The number of aromatic nitrogens is 4. The number of nitrogens with zero attached hydrogens (tertiary/aromatic N) is 4. The molecule has 0 unspecified atom stereocenters. The highest BCUT2D eigenvalue weighted by atomic mass is 16.3. The molecule has 0 N–H and O–H groups in total. The van der Waals surface area contributed by atoms with Crippen LogP contribution in [0, 0.1) is 6.20 Å². The lowest BCUT2D eigenvalue weighted by Gasteiger charge is -2.00. The molecule has 0 spiro atoms. The van der Waals surface area contributed by atoms with Crippen LogP contribution >= 0.6 is 0 Å². The maximum atomic E-state index is 5.22. The Bertz CT molecular complexity index is 522. The molecule has 0 amide bonds. The predicted molar refractivity (Wildman–Crippen MR) is 55.7 cm³/mol. The molecule has 3 heterocycles. The molecular weight excluding hydrogens is 204 g/mol. The van der Waals surface area contributed by atoms with Crippen molar-refractivity contribution in [1.29, 1.82) is 0 Å². The van der Waals surface area contributed by atoms with Gasteiger partial charge in [0.1, 0.15) is 0 Å². The van der Waals surface area contributed by atoms with Gasteiger partial charge in [-0.15, -0.1) is 0 Å². The van der Waals surface area contributed by atoms with Crippen LogP contribution in [0.25, 0.3) is 17.4 Å². The fourth-order valence-corrected chi connectivity index (χ4v) is 1.35. The van der Waals surface area contributed by atoms with Crippen molar-refractivity contribution in [2.24, 2.45) is 0 Å². The van der Waals surface area contributed by atoms with Gasteiger partial charge in [0.05, 0.1) is 12.5 Å². The average molecular weight is 211 g/mol. The van der Waals surface area contributed by atoms with Gasteiger partial charge >= 0.3 is 0 Å². The van der Waals surface area contributed by atoms with E-state index >= 15 is 0 Å². The molecule has 0 aliphatic carbocycles. The third-order valence-corrected chi connectivity index (χ3v) is 2.07. The van der Waals surface area contributed by atoms with Gasteiger partial charge in [0.2, 0.25) is 0 Å². The summed E-state index contributed by atoms with van der Waals surface area (Å²) in [5.74, 6) is 1.77. The topological polar surface area (TPSA) is 56.7 Å². The highest BCUT2D eigenvalue weighted by molar-refractivity contribution is 5.47. The number of hydrogen-bond acceptors (Lipinski definition) is 4. The Morgan fingerprint density at radius 3 is 3.06 bits per heavy atom. The standard InChI is InChI=1S/C11H7N4O/c1-3-9(16-8-1)11-12-6-4-10(14-11)15-7-2-5-13-15/h1-5,7-8H. The van der Waals surface area contributed by atoms with Gasteiger partial charge in [0, 0.05) is 18.5 Å². The summed E-state index contributed by atoms with van der Waals surface area (Å²) in [4.78, 5) is 8.34. The van der Waals surface area contributed by atoms with E-state index in [-0.39, 0.29) is 0 Å². The second-order valence-corrected chi connectivity index (χ2v) is 3.11. The maximum absolute atomic E-state index is 5.22. The van der Waals surface area contributed by atoms with E-state index in [2.05, 4.69) is 21.3 Å². The lowest BCUT2D eigenvalue weighted by atomic mass is 10.4. The van der Waals surface area contributed by atoms with E-state index in [0.717, 1.165) is 0 Å². The SMILES string of the molecule is [c]1cc(-n2cccn2)nc(-c2ccco2)n1. The zero-order valence-electron chi connectivity index (χ0n) is 8.24. The fraction of sp³-hybridized carbons (Fsp3) is 0. The van der Waals surface area contributed by atoms with Crippen molar-refractivity contribution in [2.75, 3.05) is 0 Å². The van der Waals surface area contributed by atoms with Gasteiger partial charge < -0.3 is 4.42 Å². The minimum Gasteiger partial charge on any atom is -0.461 e. The van der Waals surface area contributed by atoms with Crippen LogP contribution in [0.4, 0.5) is 0 Å². The summed E-state index contributed by atoms with van der Waals surface area (Å²) in [6.07, 6.45) is 7.85. The summed E-state index contributed by atoms with van der Waals surface area (Å²) in [7, 11) is 0. The summed E-state index contributed by atoms with van der Waals surface area (Å²) in [5, 5.41) is 4.08. The smallest absolute Gasteiger partial charge is 0.198 e. The monoisotopic (exact) mass is 211 g/mol. The van der Waals surface area contributed by atoms with Crippen LogP contribution in [0.5, 0.6) is 0 Å². The van der Waals surface area contributed by atoms with E-state index < -0.39 is 0 Å². The highest BCUT2D eigenvalue weighted by Gasteiger charge is 2.06. The van der Waals surface area contributed by atoms with Crippen molar-refractivity contribution in [3.63, 3.8) is 0 Å². The number of rotatable bonds is 2. The summed E-state index contributed by atoms with van der Waals surface area (Å²) < 4.78 is 6.86. The van der Waals surface area contributed by atoms with Gasteiger partial charge in [-0.25, -0.2) is 14.6 Å². The Balaban J connectivity index is 2.07. The molecule has 0 aromatic carbocycles. The summed E-state index contributed by atoms with van der Waals surface area (Å²) in [6, 6.07) is 7.09. The molecule has 16 heavy (non-hydrogen) atoms. The first-order valence-corrected chi connectivity index (χ1v) is 4.72. The van der Waals surface area contributed by atoms with Gasteiger partial charge in [-0.05, 0) is 18.2 Å². The van der Waals surface area contributed by atoms with Gasteiger partial charge in [-0.1, -0.05) is 0 Å². The molecule has 0 bridgehead atoms. The van der Waals surface area contributed by atoms with E-state index in [1.807, 2.05) is 12.3 Å². The van der Waals surface area contributed by atoms with E-state index in [4.69, 9.17) is 4.42 Å². The van der Waals surface area contributed by atoms with E-state index in [0.29, 0.717) is 17.4 Å². The number of furan rings is 1. The second kappa shape index (κ2) is 3.62. The largest absolute Gasteiger partial charge is 0.461 e. The van der Waals surface area contributed by atoms with Crippen LogP contribution in [-0.4, -0.2) is 19.7 Å². The molecule has 3 aromatic rings. The molecule has 0 aliphatic heterocycles. The molecule has 3 rings (SSSR count). The molecule has 5 heteroatoms. The number of hydrogen-bond donors (Lipinski definition) is 0. The second-order valence-electron chi connectivity index (χ2n) is 3.11. The van der Waals surface area contributed by atoms with E-state index in [1.165, 1.54) is 0 Å². The first kappa shape index (κ1) is 8.84. The first-order chi connectivity index (χ1) is 7.93. The van der Waals surface area contributed by atoms with Crippen LogP contribution in [-0.2, 0) is 0 Å². The molecule has 77 valence electrons. The Labute approximate surface area is 91.4 Å². The van der Waals surface area contributed by atoms with Gasteiger partial charge in [-0.3, -0.25) is 0 Å². The van der Waals surface area contributed by atoms with Crippen molar-refractivity contribution < 1.29 is 4.42 Å². The minimum atomic E-state index is 0.498. The van der Waals surface area contributed by atoms with Gasteiger partial charge in [0.25, 0.3) is 0 Å². The summed E-state index contributed by atoms with van der Waals surface area (Å²) >= 11 is 0. The molecule has 5 nitrogen and oxygen atoms in total. The molecule has 3 aromatic heterocycles. The van der Waals surface area contributed by atoms with Crippen molar-refractivity contribution in [1.82, 2.24) is 19.7 Å². The maximum Gasteiger partial charge on any atom is 0.198 e. The zero-order valence-corrected chi connectivity index (χ0v) is 8.24. The molecule has 1 radical (unpaired) electrons. The van der Waals surface area contributed by atoms with Crippen molar-refractivity contribution in [3.8, 4) is 17.4 Å². The summed E-state index contributed by atoms with van der Waals surface area (Å²) in [6.45, 7) is 0. The molecule has 0 aliphatic rings. The van der Waals surface area contributed by atoms with E-state index in [9.17, 15) is 0 Å². The minimum absolute atomic E-state index is 0.498. The third-order valence-electron chi connectivity index (χ3n) is 2.07. The quantitative estimate of drug-likeness (QED) is 0.647. The Morgan fingerprint density at radius 1 is 1.31 bits per heavy atom. The lowest BCUT2D eigenvalue weighted by Crippen LogP contribution is -2.00. The molecule has 0 fully saturated rings. The van der Waals surface area contributed by atoms with Crippen LogP contribution in [0.3, 0.4) is 0 Å². The van der Waals surface area contributed by atoms with Crippen molar-refractivity contribution >= 4 is 0 Å². The molecular formula is C11H7N4O. The highest BCUT2D eigenvalue weighted by Crippen LogP contribution is 2.15. The molecule has 0 atom stereocenters. The Hall–Kier alpha value is -2.43. The van der Waals surface area contributed by atoms with Crippen LogP contribution in [0.15, 0.2) is 47.3 Å². The van der Waals surface area contributed by atoms with Gasteiger partial charge in [0.15, 0.2) is 17.4 Å². The van der Waals surface area contributed by atoms with Crippen LogP contribution < -0.4 is 0 Å². The van der Waals surface area contributed by atoms with Crippen LogP contribution in [0.1, 0.15) is 0 Å². The Morgan fingerprint density at radius 2 is 2.31 bits per heavy atom. The van der Waals surface area contributed by atoms with Crippen molar-refractivity contribution in [2.45, 2.75) is 0 Å². The predicted octanol–water partition coefficient (Wildman–Crippen LogP) is 1.72. The summed E-state index contributed by atoms with van der Waals surface area (Å²) in [5.41, 5.74) is 0. The average Bonchev–Trinajstić information content (AvgIpc) is 3.03. The Kier molecular flexibility index (Phi) is 2.00. The van der Waals surface area contributed by atoms with E-state index in [1.54, 1.807) is 35.3 Å². The molecule has 0 saturated carbocycles. The third kappa shape index (κ3) is 1.48. The molecule has 0 saturated heterocycles. The van der Waals surface area contributed by atoms with Crippen LogP contribution in [0.2, 0.25) is 0 Å².